The van der Waals surface area contributed by atoms with Gasteiger partial charge in [-0.05, 0) is 24.6 Å². The van der Waals surface area contributed by atoms with E-state index in [1.54, 1.807) is 43.3 Å². The molecule has 0 aliphatic rings. The normalized spacial score (nSPS) is 11.8. The number of benzene rings is 2. The van der Waals surface area contributed by atoms with Gasteiger partial charge in [-0.1, -0.05) is 35.5 Å². The molecule has 0 spiro atoms. The van der Waals surface area contributed by atoms with Gasteiger partial charge in [0, 0.05) is 17.8 Å². The Morgan fingerprint density at radius 1 is 1.08 bits per heavy atom. The minimum atomic E-state index is -0.876. The first-order valence-corrected chi connectivity index (χ1v) is 7.53. The molecule has 0 saturated heterocycles. The van der Waals surface area contributed by atoms with Crippen LogP contribution in [0.15, 0.2) is 59.1 Å². The summed E-state index contributed by atoms with van der Waals surface area (Å²) in [6.07, 6.45) is 0. The van der Waals surface area contributed by atoms with E-state index in [2.05, 4.69) is 15.8 Å². The van der Waals surface area contributed by atoms with Crippen molar-refractivity contribution in [3.63, 3.8) is 0 Å². The van der Waals surface area contributed by atoms with E-state index in [-0.39, 0.29) is 11.5 Å². The molecule has 2 aromatic carbocycles. The molecular formula is C18H15F2N3O2. The maximum Gasteiger partial charge on any atom is 0.252 e. The van der Waals surface area contributed by atoms with Gasteiger partial charge < -0.3 is 15.2 Å². The Morgan fingerprint density at radius 2 is 1.76 bits per heavy atom. The highest BCUT2D eigenvalue weighted by atomic mass is 19.1. The fraction of sp³-hybridized carbons (Fsp3) is 0.111. The Labute approximate surface area is 142 Å². The molecule has 1 heterocycles. The highest BCUT2D eigenvalue weighted by Crippen LogP contribution is 2.23. The molecule has 0 aliphatic carbocycles. The molecule has 1 amide bonds. The van der Waals surface area contributed by atoms with Crippen molar-refractivity contribution in [2.75, 3.05) is 10.6 Å². The third kappa shape index (κ3) is 4.20. The van der Waals surface area contributed by atoms with Crippen molar-refractivity contribution < 1.29 is 18.1 Å². The molecule has 0 fully saturated rings. The fourth-order valence-corrected chi connectivity index (χ4v) is 2.37. The Morgan fingerprint density at radius 3 is 2.36 bits per heavy atom. The van der Waals surface area contributed by atoms with E-state index < -0.39 is 23.6 Å². The number of nitrogens with zero attached hydrogens (tertiary/aromatic N) is 1. The minimum absolute atomic E-state index is 0.151. The summed E-state index contributed by atoms with van der Waals surface area (Å²) in [5, 5.41) is 9.18. The molecule has 2 N–H and O–H groups in total. The van der Waals surface area contributed by atoms with Crippen LogP contribution in [-0.2, 0) is 4.79 Å². The molecule has 25 heavy (non-hydrogen) atoms. The van der Waals surface area contributed by atoms with Crippen molar-refractivity contribution in [2.24, 2.45) is 0 Å². The second kappa shape index (κ2) is 7.12. The third-order valence-corrected chi connectivity index (χ3v) is 3.45. The van der Waals surface area contributed by atoms with Crippen LogP contribution in [0.25, 0.3) is 0 Å². The molecule has 7 heteroatoms. The summed E-state index contributed by atoms with van der Waals surface area (Å²) in [6, 6.07) is 12.5. The number of rotatable bonds is 5. The highest BCUT2D eigenvalue weighted by molar-refractivity contribution is 5.96. The van der Waals surface area contributed by atoms with Crippen LogP contribution in [0.2, 0.25) is 0 Å². The fourth-order valence-electron chi connectivity index (χ4n) is 2.37. The molecule has 1 aromatic heterocycles. The lowest BCUT2D eigenvalue weighted by Crippen LogP contribution is -2.27. The average molecular weight is 343 g/mol. The van der Waals surface area contributed by atoms with Gasteiger partial charge in [0.25, 0.3) is 5.91 Å². The maximum atomic E-state index is 13.4. The van der Waals surface area contributed by atoms with Crippen LogP contribution in [0, 0.1) is 18.6 Å². The van der Waals surface area contributed by atoms with Crippen LogP contribution in [0.5, 0.6) is 0 Å². The van der Waals surface area contributed by atoms with Gasteiger partial charge in [0.15, 0.2) is 5.82 Å². The number of aromatic nitrogens is 1. The van der Waals surface area contributed by atoms with Crippen molar-refractivity contribution in [3.05, 3.63) is 77.6 Å². The summed E-state index contributed by atoms with van der Waals surface area (Å²) in [7, 11) is 0. The van der Waals surface area contributed by atoms with Gasteiger partial charge in [-0.3, -0.25) is 4.79 Å². The number of aryl methyl sites for hydroxylation is 1. The Hall–Kier alpha value is -3.22. The lowest BCUT2D eigenvalue weighted by molar-refractivity contribution is -0.117. The van der Waals surface area contributed by atoms with Crippen LogP contribution in [0.1, 0.15) is 17.4 Å². The molecule has 0 bridgehead atoms. The first-order valence-electron chi connectivity index (χ1n) is 7.53. The molecule has 1 atom stereocenters. The van der Waals surface area contributed by atoms with Gasteiger partial charge in [-0.2, -0.15) is 0 Å². The standard InChI is InChI=1S/C18H15F2N3O2/c1-11-7-16(23-25-11)22-18(24)17(12-5-3-2-4-6-12)21-15-9-13(19)8-14(20)10-15/h2-10,17,21H,1H3,(H,22,23,24). The van der Waals surface area contributed by atoms with Crippen molar-refractivity contribution in [2.45, 2.75) is 13.0 Å². The molecule has 128 valence electrons. The second-order valence-corrected chi connectivity index (χ2v) is 5.46. The monoisotopic (exact) mass is 343 g/mol. The van der Waals surface area contributed by atoms with E-state index in [1.165, 1.54) is 0 Å². The number of hydrogen-bond donors (Lipinski definition) is 2. The predicted octanol–water partition coefficient (Wildman–Crippen LogP) is 4.05. The van der Waals surface area contributed by atoms with Gasteiger partial charge in [-0.25, -0.2) is 8.78 Å². The summed E-state index contributed by atoms with van der Waals surface area (Å²) in [6.45, 7) is 1.70. The van der Waals surface area contributed by atoms with Crippen molar-refractivity contribution in [1.82, 2.24) is 5.16 Å². The zero-order valence-electron chi connectivity index (χ0n) is 13.3. The molecule has 5 nitrogen and oxygen atoms in total. The van der Waals surface area contributed by atoms with E-state index in [4.69, 9.17) is 4.52 Å². The number of carbonyl (C=O) groups excluding carboxylic acids is 1. The number of halogens is 2. The van der Waals surface area contributed by atoms with Crippen LogP contribution < -0.4 is 10.6 Å². The molecule has 3 rings (SSSR count). The first kappa shape index (κ1) is 16.6. The summed E-state index contributed by atoms with van der Waals surface area (Å²) in [5.74, 6) is -1.10. The molecule has 0 aliphatic heterocycles. The summed E-state index contributed by atoms with van der Waals surface area (Å²) >= 11 is 0. The number of anilines is 2. The third-order valence-electron chi connectivity index (χ3n) is 3.45. The first-order chi connectivity index (χ1) is 12.0. The Bertz CT molecular complexity index is 861. The number of hydrogen-bond acceptors (Lipinski definition) is 4. The lowest BCUT2D eigenvalue weighted by atomic mass is 10.1. The van der Waals surface area contributed by atoms with Gasteiger partial charge in [0.1, 0.15) is 23.4 Å². The van der Waals surface area contributed by atoms with Crippen LogP contribution in [0.4, 0.5) is 20.3 Å². The zero-order valence-corrected chi connectivity index (χ0v) is 13.3. The Balaban J connectivity index is 1.88. The number of carbonyl (C=O) groups is 1. The molecule has 1 unspecified atom stereocenters. The predicted molar refractivity (Wildman–Crippen MR) is 89.0 cm³/mol. The molecule has 0 saturated carbocycles. The SMILES string of the molecule is Cc1cc(NC(=O)C(Nc2cc(F)cc(F)c2)c2ccccc2)no1. The largest absolute Gasteiger partial charge is 0.370 e. The average Bonchev–Trinajstić information content (AvgIpc) is 2.97. The number of nitrogens with one attached hydrogen (secondary N) is 2. The smallest absolute Gasteiger partial charge is 0.252 e. The van der Waals surface area contributed by atoms with Gasteiger partial charge in [0.05, 0.1) is 0 Å². The van der Waals surface area contributed by atoms with Gasteiger partial charge >= 0.3 is 0 Å². The van der Waals surface area contributed by atoms with Gasteiger partial charge in [0.2, 0.25) is 0 Å². The van der Waals surface area contributed by atoms with E-state index in [9.17, 15) is 13.6 Å². The van der Waals surface area contributed by atoms with E-state index in [0.717, 1.165) is 18.2 Å². The minimum Gasteiger partial charge on any atom is -0.370 e. The summed E-state index contributed by atoms with van der Waals surface area (Å²) in [5.41, 5.74) is 0.780. The Kier molecular flexibility index (Phi) is 4.74. The van der Waals surface area contributed by atoms with Crippen LogP contribution >= 0.6 is 0 Å². The molecular weight excluding hydrogens is 328 g/mol. The maximum absolute atomic E-state index is 13.4. The quantitative estimate of drug-likeness (QED) is 0.733. The molecule has 0 radical (unpaired) electrons. The van der Waals surface area contributed by atoms with Crippen LogP contribution in [0.3, 0.4) is 0 Å². The number of amides is 1. The summed E-state index contributed by atoms with van der Waals surface area (Å²) < 4.78 is 31.8. The van der Waals surface area contributed by atoms with E-state index in [0.29, 0.717) is 11.3 Å². The highest BCUT2D eigenvalue weighted by Gasteiger charge is 2.22. The van der Waals surface area contributed by atoms with E-state index >= 15 is 0 Å². The van der Waals surface area contributed by atoms with Crippen molar-refractivity contribution in [1.29, 1.82) is 0 Å². The second-order valence-electron chi connectivity index (χ2n) is 5.46. The topological polar surface area (TPSA) is 67.2 Å². The van der Waals surface area contributed by atoms with E-state index in [1.807, 2.05) is 0 Å². The summed E-state index contributed by atoms with van der Waals surface area (Å²) in [4.78, 5) is 12.7. The zero-order chi connectivity index (χ0) is 17.8. The molecule has 3 aromatic rings. The lowest BCUT2D eigenvalue weighted by Gasteiger charge is -2.19. The van der Waals surface area contributed by atoms with Crippen LogP contribution in [-0.4, -0.2) is 11.1 Å². The van der Waals surface area contributed by atoms with Crippen molar-refractivity contribution >= 4 is 17.4 Å². The van der Waals surface area contributed by atoms with Crippen molar-refractivity contribution in [3.8, 4) is 0 Å². The van der Waals surface area contributed by atoms with Gasteiger partial charge in [-0.15, -0.1) is 0 Å².